The molecule has 3 nitrogen and oxygen atoms in total. The molecule has 2 aliphatic heterocycles. The van der Waals surface area contributed by atoms with Crippen molar-refractivity contribution in [2.75, 3.05) is 18.9 Å². The van der Waals surface area contributed by atoms with Crippen molar-refractivity contribution in [1.82, 2.24) is 5.32 Å². The zero-order valence-electron chi connectivity index (χ0n) is 11.1. The Balaban J connectivity index is 1.75. The van der Waals surface area contributed by atoms with Crippen molar-refractivity contribution in [3.8, 4) is 0 Å². The van der Waals surface area contributed by atoms with E-state index in [4.69, 9.17) is 9.73 Å². The van der Waals surface area contributed by atoms with E-state index in [1.807, 2.05) is 11.8 Å². The Hall–Kier alpha value is -0.220. The maximum Gasteiger partial charge on any atom is 0.156 e. The summed E-state index contributed by atoms with van der Waals surface area (Å²) in [6.45, 7) is 8.55. The highest BCUT2D eigenvalue weighted by atomic mass is 32.2. The van der Waals surface area contributed by atoms with E-state index in [0.29, 0.717) is 18.1 Å². The van der Waals surface area contributed by atoms with Crippen molar-refractivity contribution in [3.63, 3.8) is 0 Å². The average Bonchev–Trinajstić information content (AvgIpc) is 2.84. The van der Waals surface area contributed by atoms with Crippen molar-refractivity contribution < 1.29 is 4.74 Å². The highest BCUT2D eigenvalue weighted by Crippen LogP contribution is 2.23. The largest absolute Gasteiger partial charge is 0.378 e. The van der Waals surface area contributed by atoms with Crippen molar-refractivity contribution in [2.24, 2.45) is 16.8 Å². The monoisotopic (exact) mass is 256 g/mol. The Bertz CT molecular complexity index is 281. The van der Waals surface area contributed by atoms with Crippen LogP contribution in [0.5, 0.6) is 0 Å². The topological polar surface area (TPSA) is 33.6 Å². The quantitative estimate of drug-likeness (QED) is 0.839. The molecule has 0 aromatic heterocycles. The van der Waals surface area contributed by atoms with Gasteiger partial charge in [-0.1, -0.05) is 25.6 Å². The fourth-order valence-corrected chi connectivity index (χ4v) is 3.44. The van der Waals surface area contributed by atoms with E-state index in [1.165, 1.54) is 12.2 Å². The standard InChI is InChI=1S/C13H24N2OS/c1-9(2)6-12-8-17-13(15-12)14-7-11-4-5-16-10(11)3/h9-12H,4-8H2,1-3H3,(H,14,15). The van der Waals surface area contributed by atoms with Crippen molar-refractivity contribution in [2.45, 2.75) is 45.8 Å². The summed E-state index contributed by atoms with van der Waals surface area (Å²) in [5.74, 6) is 2.55. The van der Waals surface area contributed by atoms with Crippen LogP contribution in [-0.2, 0) is 4.74 Å². The lowest BCUT2D eigenvalue weighted by atomic mass is 10.0. The zero-order valence-corrected chi connectivity index (χ0v) is 11.9. The third kappa shape index (κ3) is 3.88. The Morgan fingerprint density at radius 2 is 2.35 bits per heavy atom. The van der Waals surface area contributed by atoms with Gasteiger partial charge in [-0.05, 0) is 25.7 Å². The number of ether oxygens (including phenoxy) is 1. The molecule has 3 unspecified atom stereocenters. The van der Waals surface area contributed by atoms with Crippen LogP contribution in [0.15, 0.2) is 4.99 Å². The normalized spacial score (nSPS) is 35.8. The van der Waals surface area contributed by atoms with Crippen molar-refractivity contribution in [1.29, 1.82) is 0 Å². The molecule has 4 heteroatoms. The van der Waals surface area contributed by atoms with Gasteiger partial charge in [0.2, 0.25) is 0 Å². The number of hydrogen-bond acceptors (Lipinski definition) is 3. The van der Waals surface area contributed by atoms with Gasteiger partial charge in [0.25, 0.3) is 0 Å². The molecular weight excluding hydrogens is 232 g/mol. The Morgan fingerprint density at radius 1 is 1.53 bits per heavy atom. The minimum Gasteiger partial charge on any atom is -0.378 e. The van der Waals surface area contributed by atoms with Gasteiger partial charge in [0.1, 0.15) is 0 Å². The predicted molar refractivity (Wildman–Crippen MR) is 74.7 cm³/mol. The number of nitrogens with zero attached hydrogens (tertiary/aromatic N) is 1. The van der Waals surface area contributed by atoms with E-state index in [0.717, 1.165) is 30.7 Å². The van der Waals surface area contributed by atoms with Gasteiger partial charge in [-0.3, -0.25) is 4.99 Å². The van der Waals surface area contributed by atoms with Crippen LogP contribution in [0.1, 0.15) is 33.6 Å². The Kier molecular flexibility index (Phi) is 4.74. The van der Waals surface area contributed by atoms with E-state index in [2.05, 4.69) is 26.1 Å². The number of thioether (sulfide) groups is 1. The summed E-state index contributed by atoms with van der Waals surface area (Å²) in [5.41, 5.74) is 0. The summed E-state index contributed by atoms with van der Waals surface area (Å²) in [7, 11) is 0. The highest BCUT2D eigenvalue weighted by molar-refractivity contribution is 8.14. The fraction of sp³-hybridized carbons (Fsp3) is 0.923. The molecule has 0 bridgehead atoms. The first-order valence-corrected chi connectivity index (χ1v) is 7.69. The summed E-state index contributed by atoms with van der Waals surface area (Å²) < 4.78 is 5.56. The van der Waals surface area contributed by atoms with E-state index in [-0.39, 0.29) is 0 Å². The summed E-state index contributed by atoms with van der Waals surface area (Å²) in [5, 5.41) is 4.68. The minimum atomic E-state index is 0.386. The summed E-state index contributed by atoms with van der Waals surface area (Å²) in [4.78, 5) is 4.70. The molecule has 0 aromatic rings. The van der Waals surface area contributed by atoms with E-state index in [1.54, 1.807) is 0 Å². The predicted octanol–water partition coefficient (Wildman–Crippen LogP) is 2.52. The lowest BCUT2D eigenvalue weighted by molar-refractivity contribution is 0.107. The second kappa shape index (κ2) is 6.10. The van der Waals surface area contributed by atoms with E-state index >= 15 is 0 Å². The molecular formula is C13H24N2OS. The molecule has 17 heavy (non-hydrogen) atoms. The lowest BCUT2D eigenvalue weighted by Gasteiger charge is -2.13. The summed E-state index contributed by atoms with van der Waals surface area (Å²) in [6, 6.07) is 0.621. The number of rotatable bonds is 4. The van der Waals surface area contributed by atoms with Crippen LogP contribution in [-0.4, -0.2) is 36.2 Å². The van der Waals surface area contributed by atoms with E-state index in [9.17, 15) is 0 Å². The molecule has 2 fully saturated rings. The van der Waals surface area contributed by atoms with Gasteiger partial charge < -0.3 is 10.1 Å². The minimum absolute atomic E-state index is 0.386. The first-order valence-electron chi connectivity index (χ1n) is 6.70. The molecule has 1 N–H and O–H groups in total. The first-order chi connectivity index (χ1) is 8.15. The van der Waals surface area contributed by atoms with Crippen LogP contribution in [0.2, 0.25) is 0 Å². The second-order valence-corrected chi connectivity index (χ2v) is 6.56. The first kappa shape index (κ1) is 13.2. The molecule has 2 heterocycles. The van der Waals surface area contributed by atoms with Crippen molar-refractivity contribution >= 4 is 16.9 Å². The highest BCUT2D eigenvalue weighted by Gasteiger charge is 2.25. The van der Waals surface area contributed by atoms with Crippen LogP contribution < -0.4 is 5.32 Å². The maximum atomic E-state index is 5.56. The third-order valence-corrected chi connectivity index (χ3v) is 4.60. The molecule has 3 atom stereocenters. The molecule has 0 aromatic carbocycles. The summed E-state index contributed by atoms with van der Waals surface area (Å²) in [6.07, 6.45) is 2.80. The van der Waals surface area contributed by atoms with Crippen LogP contribution in [0.25, 0.3) is 0 Å². The molecule has 2 aliphatic rings. The second-order valence-electron chi connectivity index (χ2n) is 5.55. The smallest absolute Gasteiger partial charge is 0.156 e. The molecule has 0 amide bonds. The molecule has 0 spiro atoms. The molecule has 98 valence electrons. The Morgan fingerprint density at radius 3 is 3.00 bits per heavy atom. The summed E-state index contributed by atoms with van der Waals surface area (Å²) >= 11 is 1.88. The molecule has 0 radical (unpaired) electrons. The lowest BCUT2D eigenvalue weighted by Crippen LogP contribution is -2.28. The van der Waals surface area contributed by atoms with Gasteiger partial charge in [-0.2, -0.15) is 0 Å². The third-order valence-electron chi connectivity index (χ3n) is 3.51. The number of hydrogen-bond donors (Lipinski definition) is 1. The van der Waals surface area contributed by atoms with Gasteiger partial charge in [-0.15, -0.1) is 0 Å². The molecule has 2 saturated heterocycles. The molecule has 0 saturated carbocycles. The van der Waals surface area contributed by atoms with Gasteiger partial charge in [-0.25, -0.2) is 0 Å². The van der Waals surface area contributed by atoms with E-state index < -0.39 is 0 Å². The number of nitrogens with one attached hydrogen (secondary N) is 1. The van der Waals surface area contributed by atoms with Crippen LogP contribution >= 0.6 is 11.8 Å². The maximum absolute atomic E-state index is 5.56. The number of aliphatic imine (C=N–C) groups is 1. The fourth-order valence-electron chi connectivity index (χ4n) is 2.44. The van der Waals surface area contributed by atoms with Gasteiger partial charge in [0.15, 0.2) is 5.17 Å². The Labute approximate surface area is 109 Å². The molecule has 0 aliphatic carbocycles. The molecule has 2 rings (SSSR count). The van der Waals surface area contributed by atoms with Crippen LogP contribution in [0.4, 0.5) is 0 Å². The van der Waals surface area contributed by atoms with Crippen LogP contribution in [0.3, 0.4) is 0 Å². The number of amidine groups is 1. The SMILES string of the molecule is CC(C)CC1CSC(=NCC2CCOC2C)N1. The van der Waals surface area contributed by atoms with Gasteiger partial charge in [0, 0.05) is 30.9 Å². The van der Waals surface area contributed by atoms with Crippen molar-refractivity contribution in [3.05, 3.63) is 0 Å². The van der Waals surface area contributed by atoms with Crippen LogP contribution in [0, 0.1) is 11.8 Å². The van der Waals surface area contributed by atoms with Gasteiger partial charge >= 0.3 is 0 Å². The van der Waals surface area contributed by atoms with Gasteiger partial charge in [0.05, 0.1) is 6.10 Å². The average molecular weight is 256 g/mol. The zero-order chi connectivity index (χ0) is 12.3.